The molecular weight excluding hydrogens is 386 g/mol. The maximum absolute atomic E-state index is 12.4. The van der Waals surface area contributed by atoms with Crippen LogP contribution in [0.25, 0.3) is 11.0 Å². The molecule has 3 aromatic rings. The van der Waals surface area contributed by atoms with Gasteiger partial charge in [0.05, 0.1) is 18.4 Å². The lowest BCUT2D eigenvalue weighted by Crippen LogP contribution is -2.47. The fraction of sp³-hybridized carbons (Fsp3) is 0.333. The van der Waals surface area contributed by atoms with Crippen molar-refractivity contribution in [2.45, 2.75) is 39.8 Å². The normalized spacial score (nSPS) is 11.9. The van der Waals surface area contributed by atoms with Gasteiger partial charge in [-0.05, 0) is 58.0 Å². The Hall–Kier alpha value is -3.62. The van der Waals surface area contributed by atoms with Crippen molar-refractivity contribution in [3.05, 3.63) is 48.3 Å². The van der Waals surface area contributed by atoms with Crippen LogP contribution >= 0.6 is 0 Å². The van der Waals surface area contributed by atoms with Crippen molar-refractivity contribution >= 4 is 22.8 Å². The summed E-state index contributed by atoms with van der Waals surface area (Å²) >= 11 is 0. The largest absolute Gasteiger partial charge is 0.494 e. The second-order valence-electron chi connectivity index (χ2n) is 6.93. The number of ether oxygens (including phenoxy) is 2. The van der Waals surface area contributed by atoms with Gasteiger partial charge in [-0.3, -0.25) is 20.4 Å². The van der Waals surface area contributed by atoms with Crippen molar-refractivity contribution in [3.63, 3.8) is 0 Å². The van der Waals surface area contributed by atoms with Crippen LogP contribution in [0, 0.1) is 0 Å². The number of fused-ring (bicyclic) bond motifs is 1. The molecule has 0 radical (unpaired) electrons. The molecule has 30 heavy (non-hydrogen) atoms. The SMILES string of the molecule is CCOc1ccc(OC(C)C(=O)NNC(=O)c2cnc3c(cnn3C(C)C)c2)cc1. The van der Waals surface area contributed by atoms with E-state index in [-0.39, 0.29) is 6.04 Å². The molecule has 0 saturated heterocycles. The second-order valence-corrected chi connectivity index (χ2v) is 6.93. The highest BCUT2D eigenvalue weighted by molar-refractivity contribution is 5.98. The van der Waals surface area contributed by atoms with Gasteiger partial charge in [-0.15, -0.1) is 0 Å². The van der Waals surface area contributed by atoms with E-state index >= 15 is 0 Å². The molecule has 0 aliphatic heterocycles. The molecular formula is C21H25N5O4. The number of aromatic nitrogens is 3. The first-order chi connectivity index (χ1) is 14.4. The third kappa shape index (κ3) is 4.86. The molecule has 1 aromatic carbocycles. The van der Waals surface area contributed by atoms with E-state index in [1.807, 2.05) is 20.8 Å². The quantitative estimate of drug-likeness (QED) is 0.579. The molecule has 0 spiro atoms. The van der Waals surface area contributed by atoms with Gasteiger partial charge < -0.3 is 9.47 Å². The molecule has 9 heteroatoms. The zero-order valence-corrected chi connectivity index (χ0v) is 17.4. The van der Waals surface area contributed by atoms with Gasteiger partial charge in [0.15, 0.2) is 11.8 Å². The summed E-state index contributed by atoms with van der Waals surface area (Å²) in [6.07, 6.45) is 2.29. The van der Waals surface area contributed by atoms with Crippen molar-refractivity contribution in [3.8, 4) is 11.5 Å². The standard InChI is InChI=1S/C21H25N5O4/c1-5-29-17-6-8-18(9-7-17)30-14(4)20(27)24-25-21(28)16-10-15-12-23-26(13(2)3)19(15)22-11-16/h6-14H,5H2,1-4H3,(H,24,27)(H,25,28). The predicted octanol–water partition coefficient (Wildman–Crippen LogP) is 2.64. The predicted molar refractivity (Wildman–Crippen MR) is 111 cm³/mol. The van der Waals surface area contributed by atoms with Gasteiger partial charge in [-0.25, -0.2) is 9.67 Å². The van der Waals surface area contributed by atoms with Crippen LogP contribution in [0.5, 0.6) is 11.5 Å². The van der Waals surface area contributed by atoms with Gasteiger partial charge in [-0.2, -0.15) is 5.10 Å². The zero-order valence-electron chi connectivity index (χ0n) is 17.4. The Morgan fingerprint density at radius 3 is 2.43 bits per heavy atom. The second kappa shape index (κ2) is 9.25. The van der Waals surface area contributed by atoms with Crippen LogP contribution < -0.4 is 20.3 Å². The first kappa shape index (κ1) is 21.1. The molecule has 158 valence electrons. The number of carbonyl (C=O) groups is 2. The van der Waals surface area contributed by atoms with Crippen LogP contribution in [0.4, 0.5) is 0 Å². The van der Waals surface area contributed by atoms with Crippen molar-refractivity contribution in [1.82, 2.24) is 25.6 Å². The fourth-order valence-electron chi connectivity index (χ4n) is 2.77. The number of hydrazine groups is 1. The average molecular weight is 411 g/mol. The molecule has 2 amide bonds. The number of hydrogen-bond acceptors (Lipinski definition) is 6. The first-order valence-corrected chi connectivity index (χ1v) is 9.72. The molecule has 0 aliphatic carbocycles. The molecule has 3 rings (SSSR count). The summed E-state index contributed by atoms with van der Waals surface area (Å²) in [5.74, 6) is 0.269. The highest BCUT2D eigenvalue weighted by atomic mass is 16.5. The summed E-state index contributed by atoms with van der Waals surface area (Å²) in [5.41, 5.74) is 5.76. The maximum Gasteiger partial charge on any atom is 0.279 e. The average Bonchev–Trinajstić information content (AvgIpc) is 3.17. The van der Waals surface area contributed by atoms with Crippen LogP contribution in [0.2, 0.25) is 0 Å². The Morgan fingerprint density at radius 2 is 1.77 bits per heavy atom. The Morgan fingerprint density at radius 1 is 1.07 bits per heavy atom. The molecule has 9 nitrogen and oxygen atoms in total. The number of nitrogens with zero attached hydrogens (tertiary/aromatic N) is 3. The molecule has 0 fully saturated rings. The molecule has 2 heterocycles. The zero-order chi connectivity index (χ0) is 21.7. The van der Waals surface area contributed by atoms with Gasteiger partial charge in [0.25, 0.3) is 11.8 Å². The van der Waals surface area contributed by atoms with Crippen LogP contribution in [0.15, 0.2) is 42.7 Å². The third-order valence-corrected chi connectivity index (χ3v) is 4.30. The van der Waals surface area contributed by atoms with E-state index < -0.39 is 17.9 Å². The number of rotatable bonds is 7. The Kier molecular flexibility index (Phi) is 6.51. The number of carbonyl (C=O) groups excluding carboxylic acids is 2. The number of benzene rings is 1. The minimum absolute atomic E-state index is 0.158. The highest BCUT2D eigenvalue weighted by Crippen LogP contribution is 2.19. The number of amides is 2. The van der Waals surface area contributed by atoms with E-state index in [9.17, 15) is 9.59 Å². The summed E-state index contributed by atoms with van der Waals surface area (Å²) in [5, 5.41) is 5.02. The van der Waals surface area contributed by atoms with Crippen LogP contribution in [0.3, 0.4) is 0 Å². The van der Waals surface area contributed by atoms with E-state index in [1.165, 1.54) is 6.20 Å². The molecule has 0 bridgehead atoms. The Labute approximate surface area is 174 Å². The van der Waals surface area contributed by atoms with E-state index in [4.69, 9.17) is 9.47 Å². The Balaban J connectivity index is 1.55. The number of pyridine rings is 1. The molecule has 0 saturated carbocycles. The van der Waals surface area contributed by atoms with Gasteiger partial charge in [0.2, 0.25) is 0 Å². The summed E-state index contributed by atoms with van der Waals surface area (Å²) < 4.78 is 12.7. The van der Waals surface area contributed by atoms with E-state index in [0.717, 1.165) is 11.1 Å². The third-order valence-electron chi connectivity index (χ3n) is 4.30. The molecule has 2 aromatic heterocycles. The molecule has 0 aliphatic rings. The van der Waals surface area contributed by atoms with E-state index in [2.05, 4.69) is 20.9 Å². The van der Waals surface area contributed by atoms with Crippen molar-refractivity contribution in [2.75, 3.05) is 6.61 Å². The fourth-order valence-corrected chi connectivity index (χ4v) is 2.77. The Bertz CT molecular complexity index is 1030. The van der Waals surface area contributed by atoms with Crippen molar-refractivity contribution in [1.29, 1.82) is 0 Å². The molecule has 1 unspecified atom stereocenters. The lowest BCUT2D eigenvalue weighted by molar-refractivity contribution is -0.128. The lowest BCUT2D eigenvalue weighted by atomic mass is 10.2. The number of nitrogens with one attached hydrogen (secondary N) is 2. The smallest absolute Gasteiger partial charge is 0.279 e. The van der Waals surface area contributed by atoms with Crippen LogP contribution in [-0.2, 0) is 4.79 Å². The highest BCUT2D eigenvalue weighted by Gasteiger charge is 2.17. The van der Waals surface area contributed by atoms with Crippen molar-refractivity contribution < 1.29 is 19.1 Å². The van der Waals surface area contributed by atoms with E-state index in [1.54, 1.807) is 48.1 Å². The van der Waals surface area contributed by atoms with Gasteiger partial charge >= 0.3 is 0 Å². The minimum atomic E-state index is -0.812. The molecule has 1 atom stereocenters. The van der Waals surface area contributed by atoms with Crippen molar-refractivity contribution in [2.24, 2.45) is 0 Å². The first-order valence-electron chi connectivity index (χ1n) is 9.72. The molecule has 2 N–H and O–H groups in total. The summed E-state index contributed by atoms with van der Waals surface area (Å²) in [6, 6.07) is 8.78. The maximum atomic E-state index is 12.4. The van der Waals surface area contributed by atoms with Crippen LogP contribution in [-0.4, -0.2) is 39.3 Å². The summed E-state index contributed by atoms with van der Waals surface area (Å²) in [4.78, 5) is 28.9. The van der Waals surface area contributed by atoms with Gasteiger partial charge in [-0.1, -0.05) is 0 Å². The summed E-state index contributed by atoms with van der Waals surface area (Å²) in [6.45, 7) is 8.06. The summed E-state index contributed by atoms with van der Waals surface area (Å²) in [7, 11) is 0. The van der Waals surface area contributed by atoms with Gasteiger partial charge in [0.1, 0.15) is 11.5 Å². The lowest BCUT2D eigenvalue weighted by Gasteiger charge is -2.15. The van der Waals surface area contributed by atoms with Gasteiger partial charge in [0, 0.05) is 17.6 Å². The minimum Gasteiger partial charge on any atom is -0.494 e. The number of hydrogen-bond donors (Lipinski definition) is 2. The monoisotopic (exact) mass is 411 g/mol. The topological polar surface area (TPSA) is 107 Å². The van der Waals surface area contributed by atoms with E-state index in [0.29, 0.717) is 23.6 Å². The van der Waals surface area contributed by atoms with Crippen LogP contribution in [0.1, 0.15) is 44.1 Å².